The van der Waals surface area contributed by atoms with Gasteiger partial charge < -0.3 is 5.11 Å². The fourth-order valence-corrected chi connectivity index (χ4v) is 2.06. The van der Waals surface area contributed by atoms with Gasteiger partial charge in [-0.25, -0.2) is 4.39 Å². The van der Waals surface area contributed by atoms with Crippen molar-refractivity contribution in [3.8, 4) is 0 Å². The van der Waals surface area contributed by atoms with E-state index in [0.717, 1.165) is 12.8 Å². The van der Waals surface area contributed by atoms with Crippen molar-refractivity contribution in [3.63, 3.8) is 0 Å². The average Bonchev–Trinajstić information content (AvgIpc) is 2.83. The van der Waals surface area contributed by atoms with E-state index in [1.807, 2.05) is 0 Å². The van der Waals surface area contributed by atoms with Crippen LogP contribution < -0.4 is 0 Å². The predicted octanol–water partition coefficient (Wildman–Crippen LogP) is 3.58. The van der Waals surface area contributed by atoms with E-state index >= 15 is 0 Å². The SMILES string of the molecule is OC(c1c(F)cc(Cl)cc1Cl)C1CC1. The van der Waals surface area contributed by atoms with Gasteiger partial charge in [-0.15, -0.1) is 0 Å². The highest BCUT2D eigenvalue weighted by Gasteiger charge is 2.33. The molecule has 1 aromatic rings. The summed E-state index contributed by atoms with van der Waals surface area (Å²) in [4.78, 5) is 0. The molecule has 1 aliphatic carbocycles. The summed E-state index contributed by atoms with van der Waals surface area (Å²) in [5.41, 5.74) is 0.179. The molecule has 2 rings (SSSR count). The lowest BCUT2D eigenvalue weighted by Crippen LogP contribution is -2.03. The maximum absolute atomic E-state index is 13.4. The molecular formula is C10H9Cl2FO. The third kappa shape index (κ3) is 1.88. The van der Waals surface area contributed by atoms with Gasteiger partial charge in [-0.2, -0.15) is 0 Å². The smallest absolute Gasteiger partial charge is 0.131 e. The molecule has 1 nitrogen and oxygen atoms in total. The van der Waals surface area contributed by atoms with Crippen LogP contribution in [0.25, 0.3) is 0 Å². The van der Waals surface area contributed by atoms with Crippen molar-refractivity contribution < 1.29 is 9.50 Å². The van der Waals surface area contributed by atoms with Crippen molar-refractivity contribution in [3.05, 3.63) is 33.6 Å². The summed E-state index contributed by atoms with van der Waals surface area (Å²) < 4.78 is 13.4. The predicted molar refractivity (Wildman–Crippen MR) is 54.1 cm³/mol. The van der Waals surface area contributed by atoms with Crippen LogP contribution in [0.4, 0.5) is 4.39 Å². The summed E-state index contributed by atoms with van der Waals surface area (Å²) in [6.45, 7) is 0. The molecule has 0 bridgehead atoms. The summed E-state index contributed by atoms with van der Waals surface area (Å²) in [7, 11) is 0. The Kier molecular flexibility index (Phi) is 2.69. The Bertz CT molecular complexity index is 340. The van der Waals surface area contributed by atoms with Crippen LogP contribution in [0.5, 0.6) is 0 Å². The van der Waals surface area contributed by atoms with Gasteiger partial charge in [0, 0.05) is 10.6 Å². The van der Waals surface area contributed by atoms with E-state index in [2.05, 4.69) is 0 Å². The third-order valence-corrected chi connectivity index (χ3v) is 2.94. The standard InChI is InChI=1S/C10H9Cl2FO/c11-6-3-7(12)9(8(13)4-6)10(14)5-1-2-5/h3-5,10,14H,1-2H2. The van der Waals surface area contributed by atoms with Gasteiger partial charge in [-0.3, -0.25) is 0 Å². The Morgan fingerprint density at radius 2 is 2.00 bits per heavy atom. The van der Waals surface area contributed by atoms with Crippen LogP contribution in [-0.2, 0) is 0 Å². The van der Waals surface area contributed by atoms with Crippen molar-refractivity contribution in [1.29, 1.82) is 0 Å². The van der Waals surface area contributed by atoms with Crippen molar-refractivity contribution in [2.45, 2.75) is 18.9 Å². The first-order valence-corrected chi connectivity index (χ1v) is 5.17. The highest BCUT2D eigenvalue weighted by Crippen LogP contribution is 2.44. The molecule has 4 heteroatoms. The maximum Gasteiger partial charge on any atom is 0.131 e. The minimum Gasteiger partial charge on any atom is -0.388 e. The molecule has 1 unspecified atom stereocenters. The molecular weight excluding hydrogens is 226 g/mol. The number of halogens is 3. The number of benzene rings is 1. The lowest BCUT2D eigenvalue weighted by molar-refractivity contribution is 0.149. The van der Waals surface area contributed by atoms with E-state index in [4.69, 9.17) is 23.2 Å². The van der Waals surface area contributed by atoms with Gasteiger partial charge in [-0.1, -0.05) is 23.2 Å². The van der Waals surface area contributed by atoms with Gasteiger partial charge in [-0.05, 0) is 30.9 Å². The zero-order chi connectivity index (χ0) is 10.3. The number of rotatable bonds is 2. The van der Waals surface area contributed by atoms with Crippen LogP contribution in [-0.4, -0.2) is 5.11 Å². The number of hydrogen-bond acceptors (Lipinski definition) is 1. The molecule has 1 N–H and O–H groups in total. The molecule has 14 heavy (non-hydrogen) atoms. The van der Waals surface area contributed by atoms with Crippen molar-refractivity contribution in [1.82, 2.24) is 0 Å². The monoisotopic (exact) mass is 234 g/mol. The molecule has 0 radical (unpaired) electrons. The number of aliphatic hydroxyl groups is 1. The summed E-state index contributed by atoms with van der Waals surface area (Å²) in [5.74, 6) is -0.370. The Balaban J connectivity index is 2.40. The zero-order valence-corrected chi connectivity index (χ0v) is 8.82. The van der Waals surface area contributed by atoms with Gasteiger partial charge in [0.25, 0.3) is 0 Å². The van der Waals surface area contributed by atoms with E-state index in [9.17, 15) is 9.50 Å². The molecule has 0 aliphatic heterocycles. The van der Waals surface area contributed by atoms with Crippen LogP contribution >= 0.6 is 23.2 Å². The second-order valence-corrected chi connectivity index (χ2v) is 4.41. The van der Waals surface area contributed by atoms with Gasteiger partial charge in [0.1, 0.15) is 5.82 Å². The normalized spacial score (nSPS) is 18.3. The largest absolute Gasteiger partial charge is 0.388 e. The highest BCUT2D eigenvalue weighted by molar-refractivity contribution is 6.35. The Morgan fingerprint density at radius 1 is 1.36 bits per heavy atom. The lowest BCUT2D eigenvalue weighted by Gasteiger charge is -2.12. The summed E-state index contributed by atoms with van der Waals surface area (Å²) in [5, 5.41) is 10.2. The van der Waals surface area contributed by atoms with Crippen molar-refractivity contribution in [2.75, 3.05) is 0 Å². The zero-order valence-electron chi connectivity index (χ0n) is 7.30. The minimum absolute atomic E-state index is 0.156. The molecule has 1 aromatic carbocycles. The fourth-order valence-electron chi connectivity index (χ4n) is 1.48. The topological polar surface area (TPSA) is 20.2 Å². The highest BCUT2D eigenvalue weighted by atomic mass is 35.5. The van der Waals surface area contributed by atoms with E-state index in [-0.39, 0.29) is 21.5 Å². The molecule has 0 saturated heterocycles. The average molecular weight is 235 g/mol. The summed E-state index contributed by atoms with van der Waals surface area (Å²) in [6, 6.07) is 2.63. The molecule has 1 saturated carbocycles. The van der Waals surface area contributed by atoms with Gasteiger partial charge in [0.2, 0.25) is 0 Å². The number of hydrogen-bond donors (Lipinski definition) is 1. The van der Waals surface area contributed by atoms with E-state index in [1.165, 1.54) is 12.1 Å². The Hall–Kier alpha value is -0.310. The Morgan fingerprint density at radius 3 is 2.50 bits per heavy atom. The van der Waals surface area contributed by atoms with Gasteiger partial charge in [0.05, 0.1) is 11.1 Å². The molecule has 76 valence electrons. The quantitative estimate of drug-likeness (QED) is 0.830. The van der Waals surface area contributed by atoms with Gasteiger partial charge in [0.15, 0.2) is 0 Å². The van der Waals surface area contributed by atoms with E-state index in [0.29, 0.717) is 0 Å². The molecule has 1 aliphatic rings. The van der Waals surface area contributed by atoms with Crippen LogP contribution in [0.1, 0.15) is 24.5 Å². The third-order valence-electron chi connectivity index (χ3n) is 2.41. The van der Waals surface area contributed by atoms with E-state index in [1.54, 1.807) is 0 Å². The van der Waals surface area contributed by atoms with Gasteiger partial charge >= 0.3 is 0 Å². The van der Waals surface area contributed by atoms with E-state index < -0.39 is 11.9 Å². The maximum atomic E-state index is 13.4. The van der Waals surface area contributed by atoms with Crippen LogP contribution in [0.2, 0.25) is 10.0 Å². The van der Waals surface area contributed by atoms with Crippen LogP contribution in [0, 0.1) is 11.7 Å². The first-order chi connectivity index (χ1) is 6.59. The van der Waals surface area contributed by atoms with Crippen LogP contribution in [0.15, 0.2) is 12.1 Å². The molecule has 0 amide bonds. The Labute approximate surface area is 91.5 Å². The van der Waals surface area contributed by atoms with Crippen molar-refractivity contribution in [2.24, 2.45) is 5.92 Å². The lowest BCUT2D eigenvalue weighted by atomic mass is 10.0. The number of aliphatic hydroxyl groups excluding tert-OH is 1. The molecule has 0 heterocycles. The second kappa shape index (κ2) is 3.69. The first kappa shape index (κ1) is 10.2. The molecule has 0 spiro atoms. The molecule has 1 fully saturated rings. The van der Waals surface area contributed by atoms with Crippen molar-refractivity contribution >= 4 is 23.2 Å². The fraction of sp³-hybridized carbons (Fsp3) is 0.400. The second-order valence-electron chi connectivity index (χ2n) is 3.57. The minimum atomic E-state index is -0.792. The molecule has 0 aromatic heterocycles. The summed E-state index contributed by atoms with van der Waals surface area (Å²) in [6.07, 6.45) is 1.07. The first-order valence-electron chi connectivity index (χ1n) is 4.42. The molecule has 1 atom stereocenters. The van der Waals surface area contributed by atoms with Crippen LogP contribution in [0.3, 0.4) is 0 Å². The summed E-state index contributed by atoms with van der Waals surface area (Å²) >= 11 is 11.4.